The van der Waals surface area contributed by atoms with Crippen molar-refractivity contribution in [3.63, 3.8) is 0 Å². The summed E-state index contributed by atoms with van der Waals surface area (Å²) >= 11 is 0. The first-order valence-corrected chi connectivity index (χ1v) is 5.64. The second kappa shape index (κ2) is 4.07. The second-order valence-corrected chi connectivity index (χ2v) is 4.10. The number of hydrogen-bond donors (Lipinski definition) is 2. The summed E-state index contributed by atoms with van der Waals surface area (Å²) in [5, 5.41) is 1.09. The summed E-state index contributed by atoms with van der Waals surface area (Å²) in [6, 6.07) is 9.76. The van der Waals surface area contributed by atoms with Gasteiger partial charge in [0.05, 0.1) is 12.8 Å². The van der Waals surface area contributed by atoms with Gasteiger partial charge in [-0.1, -0.05) is 0 Å². The standard InChI is InChI=1S/C14H13N3O/c1-18-14-3-2-9(6-11(14)15)13-7-10-8-16-5-4-12(10)17-13/h2-8,17H,15H2,1H3. The molecule has 0 saturated heterocycles. The van der Waals surface area contributed by atoms with Crippen LogP contribution >= 0.6 is 0 Å². The number of aromatic nitrogens is 2. The molecule has 0 radical (unpaired) electrons. The number of nitrogens with one attached hydrogen (secondary N) is 1. The summed E-state index contributed by atoms with van der Waals surface area (Å²) in [5.74, 6) is 0.691. The van der Waals surface area contributed by atoms with E-state index in [9.17, 15) is 0 Å². The zero-order valence-corrected chi connectivity index (χ0v) is 9.97. The van der Waals surface area contributed by atoms with E-state index in [1.807, 2.05) is 30.5 Å². The Hall–Kier alpha value is -2.49. The highest BCUT2D eigenvalue weighted by Gasteiger charge is 2.06. The van der Waals surface area contributed by atoms with Crippen LogP contribution in [0.25, 0.3) is 22.2 Å². The summed E-state index contributed by atoms with van der Waals surface area (Å²) in [6.07, 6.45) is 3.60. The average Bonchev–Trinajstić information content (AvgIpc) is 2.82. The Labute approximate surface area is 104 Å². The van der Waals surface area contributed by atoms with Crippen molar-refractivity contribution in [2.24, 2.45) is 0 Å². The van der Waals surface area contributed by atoms with Crippen LogP contribution in [0.15, 0.2) is 42.7 Å². The maximum Gasteiger partial charge on any atom is 0.141 e. The molecule has 0 aliphatic carbocycles. The summed E-state index contributed by atoms with van der Waals surface area (Å²) in [6.45, 7) is 0. The van der Waals surface area contributed by atoms with Gasteiger partial charge in [-0.25, -0.2) is 0 Å². The van der Waals surface area contributed by atoms with Crippen LogP contribution in [0.1, 0.15) is 0 Å². The molecule has 0 aliphatic heterocycles. The molecule has 0 spiro atoms. The lowest BCUT2D eigenvalue weighted by Crippen LogP contribution is -1.92. The number of benzene rings is 1. The number of nitrogens with zero attached hydrogens (tertiary/aromatic N) is 1. The molecule has 0 atom stereocenters. The molecule has 3 rings (SSSR count). The van der Waals surface area contributed by atoms with E-state index in [2.05, 4.69) is 16.0 Å². The average molecular weight is 239 g/mol. The number of nitrogens with two attached hydrogens (primary N) is 1. The van der Waals surface area contributed by atoms with E-state index in [1.54, 1.807) is 13.3 Å². The lowest BCUT2D eigenvalue weighted by atomic mass is 10.1. The van der Waals surface area contributed by atoms with Crippen molar-refractivity contribution in [1.29, 1.82) is 0 Å². The monoisotopic (exact) mass is 239 g/mol. The lowest BCUT2D eigenvalue weighted by Gasteiger charge is -2.05. The number of rotatable bonds is 2. The minimum absolute atomic E-state index is 0.631. The van der Waals surface area contributed by atoms with Crippen LogP contribution in [0.3, 0.4) is 0 Å². The van der Waals surface area contributed by atoms with Gasteiger partial charge < -0.3 is 15.5 Å². The molecule has 0 fully saturated rings. The molecule has 0 saturated carbocycles. The van der Waals surface area contributed by atoms with Gasteiger partial charge in [0.15, 0.2) is 0 Å². The predicted octanol–water partition coefficient (Wildman–Crippen LogP) is 2.82. The van der Waals surface area contributed by atoms with Crippen molar-refractivity contribution in [3.05, 3.63) is 42.7 Å². The molecular formula is C14H13N3O. The van der Waals surface area contributed by atoms with Crippen LogP contribution in [0, 0.1) is 0 Å². The third-order valence-corrected chi connectivity index (χ3v) is 2.96. The van der Waals surface area contributed by atoms with Crippen molar-refractivity contribution in [2.75, 3.05) is 12.8 Å². The third-order valence-electron chi connectivity index (χ3n) is 2.96. The number of H-pyrrole nitrogens is 1. The fraction of sp³-hybridized carbons (Fsp3) is 0.0714. The van der Waals surface area contributed by atoms with Crippen LogP contribution in [0.5, 0.6) is 5.75 Å². The molecule has 2 aromatic heterocycles. The van der Waals surface area contributed by atoms with E-state index in [0.29, 0.717) is 11.4 Å². The summed E-state index contributed by atoms with van der Waals surface area (Å²) in [7, 11) is 1.61. The number of pyridine rings is 1. The molecular weight excluding hydrogens is 226 g/mol. The van der Waals surface area contributed by atoms with Crippen molar-refractivity contribution < 1.29 is 4.74 Å². The molecule has 0 unspecified atom stereocenters. The zero-order chi connectivity index (χ0) is 12.5. The van der Waals surface area contributed by atoms with Crippen LogP contribution < -0.4 is 10.5 Å². The number of hydrogen-bond acceptors (Lipinski definition) is 3. The topological polar surface area (TPSA) is 63.9 Å². The highest BCUT2D eigenvalue weighted by molar-refractivity contribution is 5.85. The van der Waals surface area contributed by atoms with Gasteiger partial charge in [0.1, 0.15) is 5.75 Å². The largest absolute Gasteiger partial charge is 0.495 e. The molecule has 3 N–H and O–H groups in total. The Morgan fingerprint density at radius 3 is 2.83 bits per heavy atom. The first-order chi connectivity index (χ1) is 8.78. The van der Waals surface area contributed by atoms with E-state index < -0.39 is 0 Å². The minimum Gasteiger partial charge on any atom is -0.495 e. The van der Waals surface area contributed by atoms with Gasteiger partial charge in [0.2, 0.25) is 0 Å². The molecule has 18 heavy (non-hydrogen) atoms. The number of methoxy groups -OCH3 is 1. The third kappa shape index (κ3) is 1.68. The zero-order valence-electron chi connectivity index (χ0n) is 9.97. The molecule has 4 heteroatoms. The maximum absolute atomic E-state index is 5.91. The molecule has 4 nitrogen and oxygen atoms in total. The second-order valence-electron chi connectivity index (χ2n) is 4.10. The summed E-state index contributed by atoms with van der Waals surface area (Å²) in [4.78, 5) is 7.44. The highest BCUT2D eigenvalue weighted by atomic mass is 16.5. The molecule has 0 bridgehead atoms. The SMILES string of the molecule is COc1ccc(-c2cc3cnccc3[nH]2)cc1N. The van der Waals surface area contributed by atoms with Crippen molar-refractivity contribution in [3.8, 4) is 17.0 Å². The number of ether oxygens (including phenoxy) is 1. The van der Waals surface area contributed by atoms with Gasteiger partial charge in [-0.15, -0.1) is 0 Å². The van der Waals surface area contributed by atoms with Gasteiger partial charge in [0.25, 0.3) is 0 Å². The number of anilines is 1. The number of fused-ring (bicyclic) bond motifs is 1. The summed E-state index contributed by atoms with van der Waals surface area (Å²) in [5.41, 5.74) is 9.66. The molecule has 1 aromatic carbocycles. The number of aromatic amines is 1. The van der Waals surface area contributed by atoms with E-state index >= 15 is 0 Å². The molecule has 2 heterocycles. The van der Waals surface area contributed by atoms with Crippen LogP contribution in [-0.2, 0) is 0 Å². The summed E-state index contributed by atoms with van der Waals surface area (Å²) < 4.78 is 5.15. The van der Waals surface area contributed by atoms with E-state index in [0.717, 1.165) is 22.2 Å². The first kappa shape index (κ1) is 10.7. The Kier molecular flexibility index (Phi) is 2.41. The normalized spacial score (nSPS) is 10.7. The van der Waals surface area contributed by atoms with Crippen molar-refractivity contribution >= 4 is 16.6 Å². The Morgan fingerprint density at radius 1 is 1.22 bits per heavy atom. The van der Waals surface area contributed by atoms with Crippen LogP contribution in [0.4, 0.5) is 5.69 Å². The first-order valence-electron chi connectivity index (χ1n) is 5.64. The maximum atomic E-state index is 5.91. The molecule has 0 amide bonds. The van der Waals surface area contributed by atoms with Gasteiger partial charge >= 0.3 is 0 Å². The van der Waals surface area contributed by atoms with E-state index in [4.69, 9.17) is 10.5 Å². The van der Waals surface area contributed by atoms with Crippen LogP contribution in [-0.4, -0.2) is 17.1 Å². The van der Waals surface area contributed by atoms with Crippen molar-refractivity contribution in [2.45, 2.75) is 0 Å². The van der Waals surface area contributed by atoms with Gasteiger partial charge in [0, 0.05) is 34.6 Å². The van der Waals surface area contributed by atoms with Gasteiger partial charge in [-0.3, -0.25) is 4.98 Å². The Balaban J connectivity index is 2.11. The van der Waals surface area contributed by atoms with E-state index in [1.165, 1.54) is 0 Å². The van der Waals surface area contributed by atoms with Crippen LogP contribution in [0.2, 0.25) is 0 Å². The fourth-order valence-corrected chi connectivity index (χ4v) is 2.03. The quantitative estimate of drug-likeness (QED) is 0.676. The predicted molar refractivity (Wildman–Crippen MR) is 72.5 cm³/mol. The van der Waals surface area contributed by atoms with Gasteiger partial charge in [-0.05, 0) is 30.3 Å². The smallest absolute Gasteiger partial charge is 0.141 e. The number of nitrogen functional groups attached to an aromatic ring is 1. The minimum atomic E-state index is 0.631. The molecule has 0 aliphatic rings. The van der Waals surface area contributed by atoms with Crippen molar-refractivity contribution in [1.82, 2.24) is 9.97 Å². The highest BCUT2D eigenvalue weighted by Crippen LogP contribution is 2.29. The lowest BCUT2D eigenvalue weighted by molar-refractivity contribution is 0.417. The van der Waals surface area contributed by atoms with Gasteiger partial charge in [-0.2, -0.15) is 0 Å². The molecule has 90 valence electrons. The Morgan fingerprint density at radius 2 is 2.11 bits per heavy atom. The Bertz CT molecular complexity index is 670. The van der Waals surface area contributed by atoms with E-state index in [-0.39, 0.29) is 0 Å². The fourth-order valence-electron chi connectivity index (χ4n) is 2.03. The molecule has 3 aromatic rings.